The fourth-order valence-electron chi connectivity index (χ4n) is 1.09. The van der Waals surface area contributed by atoms with Crippen molar-refractivity contribution < 1.29 is 0 Å². The molecule has 17 heavy (non-hydrogen) atoms. The van der Waals surface area contributed by atoms with Crippen LogP contribution >= 0.6 is 46.4 Å². The Labute approximate surface area is 117 Å². The van der Waals surface area contributed by atoms with Gasteiger partial charge in [0, 0.05) is 5.02 Å². The summed E-state index contributed by atoms with van der Waals surface area (Å²) < 4.78 is 0. The highest BCUT2D eigenvalue weighted by Gasteiger charge is 2.08. The van der Waals surface area contributed by atoms with Gasteiger partial charge in [0.25, 0.3) is 0 Å². The maximum Gasteiger partial charge on any atom is 0.245 e. The molecule has 1 N–H and O–H groups in total. The minimum Gasteiger partial charge on any atom is -0.336 e. The molecule has 1 aromatic carbocycles. The zero-order chi connectivity index (χ0) is 12.4. The van der Waals surface area contributed by atoms with Crippen molar-refractivity contribution in [1.82, 2.24) is 15.2 Å². The van der Waals surface area contributed by atoms with E-state index in [2.05, 4.69) is 20.5 Å². The van der Waals surface area contributed by atoms with Gasteiger partial charge in [-0.25, -0.2) is 0 Å². The quantitative estimate of drug-likeness (QED) is 0.902. The Morgan fingerprint density at radius 3 is 2.47 bits per heavy atom. The second-order valence-corrected chi connectivity index (χ2v) is 4.51. The Hall–Kier alpha value is -0.810. The Morgan fingerprint density at radius 2 is 1.76 bits per heavy atom. The maximum atomic E-state index is 5.98. The lowest BCUT2D eigenvalue weighted by atomic mass is 10.3. The molecule has 0 saturated carbocycles. The molecule has 0 fully saturated rings. The van der Waals surface area contributed by atoms with Crippen molar-refractivity contribution in [1.29, 1.82) is 0 Å². The summed E-state index contributed by atoms with van der Waals surface area (Å²) in [6.45, 7) is 0. The predicted molar refractivity (Wildman–Crippen MR) is 69.6 cm³/mol. The van der Waals surface area contributed by atoms with Gasteiger partial charge in [0.2, 0.25) is 5.28 Å². The number of anilines is 2. The summed E-state index contributed by atoms with van der Waals surface area (Å²) in [5, 5.41) is 11.0. The lowest BCUT2D eigenvalue weighted by Gasteiger charge is -2.08. The molecule has 0 aliphatic heterocycles. The highest BCUT2D eigenvalue weighted by molar-refractivity contribution is 6.36. The summed E-state index contributed by atoms with van der Waals surface area (Å²) in [5.41, 5.74) is 0.592. The first-order chi connectivity index (χ1) is 8.06. The van der Waals surface area contributed by atoms with Crippen molar-refractivity contribution in [3.8, 4) is 0 Å². The van der Waals surface area contributed by atoms with Crippen LogP contribution in [0.25, 0.3) is 0 Å². The molecule has 0 aliphatic rings. The lowest BCUT2D eigenvalue weighted by Crippen LogP contribution is -1.99. The van der Waals surface area contributed by atoms with Gasteiger partial charge in [-0.05, 0) is 29.8 Å². The van der Waals surface area contributed by atoms with E-state index in [-0.39, 0.29) is 16.3 Å². The van der Waals surface area contributed by atoms with Crippen molar-refractivity contribution in [2.24, 2.45) is 0 Å². The average Bonchev–Trinajstić information content (AvgIpc) is 2.27. The van der Waals surface area contributed by atoms with Gasteiger partial charge in [0.15, 0.2) is 11.0 Å². The summed E-state index contributed by atoms with van der Waals surface area (Å²) in [6.07, 6.45) is 0. The van der Waals surface area contributed by atoms with Crippen LogP contribution in [0.1, 0.15) is 0 Å². The molecule has 0 amide bonds. The van der Waals surface area contributed by atoms with E-state index in [4.69, 9.17) is 46.4 Å². The monoisotopic (exact) mass is 308 g/mol. The molecule has 0 saturated heterocycles. The summed E-state index contributed by atoms with van der Waals surface area (Å²) in [6, 6.07) is 4.96. The molecule has 1 aromatic heterocycles. The Kier molecular flexibility index (Phi) is 3.89. The maximum absolute atomic E-state index is 5.98. The first-order valence-corrected chi connectivity index (χ1v) is 5.85. The fraction of sp³-hybridized carbons (Fsp3) is 0. The van der Waals surface area contributed by atoms with Gasteiger partial charge in [0.1, 0.15) is 0 Å². The van der Waals surface area contributed by atoms with Crippen LogP contribution in [-0.4, -0.2) is 15.2 Å². The minimum atomic E-state index is -0.0121. The highest BCUT2D eigenvalue weighted by Crippen LogP contribution is 2.29. The Morgan fingerprint density at radius 1 is 1.00 bits per heavy atom. The number of hydrogen-bond donors (Lipinski definition) is 1. The molecule has 0 radical (unpaired) electrons. The molecule has 0 aliphatic carbocycles. The van der Waals surface area contributed by atoms with E-state index < -0.39 is 0 Å². The second kappa shape index (κ2) is 5.23. The van der Waals surface area contributed by atoms with E-state index in [9.17, 15) is 0 Å². The molecule has 4 nitrogen and oxygen atoms in total. The third-order valence-electron chi connectivity index (χ3n) is 1.80. The smallest absolute Gasteiger partial charge is 0.245 e. The van der Waals surface area contributed by atoms with Gasteiger partial charge in [-0.3, -0.25) is 0 Å². The minimum absolute atomic E-state index is 0.0121. The standard InChI is InChI=1S/C9H4Cl4N4/c10-4-1-2-6(5(11)3-4)14-8-7(12)16-17-9(13)15-8/h1-3H,(H,14,15,17). The summed E-state index contributed by atoms with van der Waals surface area (Å²) in [4.78, 5) is 3.89. The number of hydrogen-bond acceptors (Lipinski definition) is 4. The van der Waals surface area contributed by atoms with Gasteiger partial charge in [-0.2, -0.15) is 4.98 Å². The third kappa shape index (κ3) is 3.10. The molecule has 0 bridgehead atoms. The topological polar surface area (TPSA) is 50.7 Å². The van der Waals surface area contributed by atoms with Crippen LogP contribution in [0.2, 0.25) is 20.5 Å². The lowest BCUT2D eigenvalue weighted by molar-refractivity contribution is 0.975. The van der Waals surface area contributed by atoms with Crippen molar-refractivity contribution in [2.45, 2.75) is 0 Å². The molecule has 0 unspecified atom stereocenters. The molecule has 1 heterocycles. The van der Waals surface area contributed by atoms with Crippen molar-refractivity contribution in [3.05, 3.63) is 38.7 Å². The number of halogens is 4. The SMILES string of the molecule is Clc1ccc(Nc2nc(Cl)nnc2Cl)c(Cl)c1. The van der Waals surface area contributed by atoms with Crippen LogP contribution in [0, 0.1) is 0 Å². The summed E-state index contributed by atoms with van der Waals surface area (Å²) in [7, 11) is 0. The van der Waals surface area contributed by atoms with E-state index >= 15 is 0 Å². The highest BCUT2D eigenvalue weighted by atomic mass is 35.5. The Bertz CT molecular complexity index is 561. The van der Waals surface area contributed by atoms with Gasteiger partial charge in [-0.15, -0.1) is 10.2 Å². The van der Waals surface area contributed by atoms with E-state index in [1.165, 1.54) is 0 Å². The van der Waals surface area contributed by atoms with Crippen molar-refractivity contribution in [2.75, 3.05) is 5.32 Å². The predicted octanol–water partition coefficient (Wildman–Crippen LogP) is 4.23. The van der Waals surface area contributed by atoms with Gasteiger partial charge in [-0.1, -0.05) is 34.8 Å². The van der Waals surface area contributed by atoms with E-state index in [0.717, 1.165) is 0 Å². The third-order valence-corrected chi connectivity index (χ3v) is 2.77. The van der Waals surface area contributed by atoms with E-state index in [1.54, 1.807) is 18.2 Å². The molecule has 2 rings (SSSR count). The normalized spacial score (nSPS) is 10.4. The zero-order valence-electron chi connectivity index (χ0n) is 8.09. The molecular formula is C9H4Cl4N4. The number of benzene rings is 1. The Balaban J connectivity index is 2.34. The number of aromatic nitrogens is 3. The average molecular weight is 310 g/mol. The van der Waals surface area contributed by atoms with Crippen molar-refractivity contribution >= 4 is 57.9 Å². The van der Waals surface area contributed by atoms with Crippen LogP contribution in [0.15, 0.2) is 18.2 Å². The van der Waals surface area contributed by atoms with Gasteiger partial charge >= 0.3 is 0 Å². The van der Waals surface area contributed by atoms with E-state index in [1.807, 2.05) is 0 Å². The molecule has 2 aromatic rings. The first kappa shape index (κ1) is 12.6. The fourth-order valence-corrected chi connectivity index (χ4v) is 1.80. The molecule has 0 spiro atoms. The summed E-state index contributed by atoms with van der Waals surface area (Å²) >= 11 is 23.2. The second-order valence-electron chi connectivity index (χ2n) is 2.97. The number of nitrogens with one attached hydrogen (secondary N) is 1. The van der Waals surface area contributed by atoms with Gasteiger partial charge < -0.3 is 5.32 Å². The molecule has 88 valence electrons. The summed E-state index contributed by atoms with van der Waals surface area (Å²) in [5.74, 6) is 0.274. The van der Waals surface area contributed by atoms with Crippen molar-refractivity contribution in [3.63, 3.8) is 0 Å². The molecular weight excluding hydrogens is 306 g/mol. The zero-order valence-corrected chi connectivity index (χ0v) is 11.1. The largest absolute Gasteiger partial charge is 0.336 e. The van der Waals surface area contributed by atoms with Crippen LogP contribution in [0.4, 0.5) is 11.5 Å². The molecule has 8 heteroatoms. The van der Waals surface area contributed by atoms with E-state index in [0.29, 0.717) is 15.7 Å². The number of rotatable bonds is 2. The first-order valence-electron chi connectivity index (χ1n) is 4.34. The van der Waals surface area contributed by atoms with Crippen LogP contribution in [0.5, 0.6) is 0 Å². The number of nitrogens with zero attached hydrogens (tertiary/aromatic N) is 3. The van der Waals surface area contributed by atoms with Gasteiger partial charge in [0.05, 0.1) is 10.7 Å². The van der Waals surface area contributed by atoms with Crippen LogP contribution in [0.3, 0.4) is 0 Å². The van der Waals surface area contributed by atoms with Crippen LogP contribution < -0.4 is 5.32 Å². The molecule has 0 atom stereocenters. The van der Waals surface area contributed by atoms with Crippen LogP contribution in [-0.2, 0) is 0 Å².